The molecule has 8 heteroatoms. The van der Waals surface area contributed by atoms with Crippen LogP contribution in [0.25, 0.3) is 22.3 Å². The molecule has 1 fully saturated rings. The number of rotatable bonds is 9. The molecule has 0 amide bonds. The molecule has 188 valence electrons. The molecule has 1 saturated carbocycles. The lowest BCUT2D eigenvalue weighted by Gasteiger charge is -2.17. The van der Waals surface area contributed by atoms with E-state index >= 15 is 0 Å². The van der Waals surface area contributed by atoms with Gasteiger partial charge in [0, 0.05) is 24.7 Å². The second kappa shape index (κ2) is 10.1. The van der Waals surface area contributed by atoms with Gasteiger partial charge >= 0.3 is 0 Å². The van der Waals surface area contributed by atoms with Crippen molar-refractivity contribution in [1.29, 1.82) is 0 Å². The van der Waals surface area contributed by atoms with E-state index in [1.165, 1.54) is 12.8 Å². The topological polar surface area (TPSA) is 108 Å². The van der Waals surface area contributed by atoms with Gasteiger partial charge in [-0.05, 0) is 50.3 Å². The lowest BCUT2D eigenvalue weighted by molar-refractivity contribution is 0.0748. The smallest absolute Gasteiger partial charge is 0.226 e. The van der Waals surface area contributed by atoms with Crippen LogP contribution in [-0.4, -0.2) is 41.9 Å². The summed E-state index contributed by atoms with van der Waals surface area (Å²) in [4.78, 5) is 14.2. The van der Waals surface area contributed by atoms with E-state index in [1.807, 2.05) is 48.8 Å². The molecule has 36 heavy (non-hydrogen) atoms. The van der Waals surface area contributed by atoms with E-state index in [0.717, 1.165) is 40.7 Å². The van der Waals surface area contributed by atoms with Gasteiger partial charge in [-0.25, -0.2) is 4.98 Å². The van der Waals surface area contributed by atoms with Gasteiger partial charge in [-0.2, -0.15) is 9.97 Å². The summed E-state index contributed by atoms with van der Waals surface area (Å²) in [7, 11) is 0. The normalized spacial score (nSPS) is 14.4. The quantitative estimate of drug-likeness (QED) is 0.247. The molecule has 0 radical (unpaired) electrons. The Kier molecular flexibility index (Phi) is 6.78. The van der Waals surface area contributed by atoms with Crippen LogP contribution in [0, 0.1) is 0 Å². The molecule has 1 aliphatic rings. The predicted octanol–water partition coefficient (Wildman–Crippen LogP) is 5.50. The van der Waals surface area contributed by atoms with Crippen molar-refractivity contribution < 1.29 is 10.2 Å². The van der Waals surface area contributed by atoms with Crippen molar-refractivity contribution in [3.05, 3.63) is 60.4 Å². The molecular formula is C28H34N6O2. The molecule has 0 bridgehead atoms. The fourth-order valence-corrected chi connectivity index (χ4v) is 4.75. The van der Waals surface area contributed by atoms with Crippen LogP contribution in [0.2, 0.25) is 0 Å². The summed E-state index contributed by atoms with van der Waals surface area (Å²) in [5.74, 6) is 1.49. The maximum absolute atomic E-state index is 10.1. The molecule has 0 atom stereocenters. The van der Waals surface area contributed by atoms with Gasteiger partial charge in [-0.15, -0.1) is 0 Å². The summed E-state index contributed by atoms with van der Waals surface area (Å²) in [5, 5.41) is 27.0. The SMILES string of the molecule is CC(C)(O)CCNc1nc(NCc2ccc(-c3ccccc3O)cc2)c2ncn(C3CCCC3)c2n1. The van der Waals surface area contributed by atoms with E-state index in [4.69, 9.17) is 9.97 Å². The number of anilines is 2. The summed E-state index contributed by atoms with van der Waals surface area (Å²) in [5.41, 5.74) is 3.71. The summed E-state index contributed by atoms with van der Waals surface area (Å²) in [6.45, 7) is 4.74. The van der Waals surface area contributed by atoms with Gasteiger partial charge in [0.05, 0.1) is 11.9 Å². The number of nitrogens with one attached hydrogen (secondary N) is 2. The van der Waals surface area contributed by atoms with Crippen molar-refractivity contribution in [3.63, 3.8) is 0 Å². The minimum Gasteiger partial charge on any atom is -0.507 e. The molecule has 0 aliphatic heterocycles. The molecule has 0 spiro atoms. The third kappa shape index (κ3) is 5.44. The standard InChI is InChI=1S/C28H34N6O2/c1-28(2,36)15-16-29-27-32-25(24-26(33-27)34(18-31-24)21-7-3-4-8-21)30-17-19-11-13-20(14-12-19)22-9-5-6-10-23(22)35/h5-6,9-14,18,21,35-36H,3-4,7-8,15-17H2,1-2H3,(H2,29,30,32,33). The average molecular weight is 487 g/mol. The summed E-state index contributed by atoms with van der Waals surface area (Å²) >= 11 is 0. The van der Waals surface area contributed by atoms with Crippen LogP contribution >= 0.6 is 0 Å². The zero-order valence-corrected chi connectivity index (χ0v) is 20.9. The highest BCUT2D eigenvalue weighted by molar-refractivity contribution is 5.84. The minimum atomic E-state index is -0.757. The predicted molar refractivity (Wildman–Crippen MR) is 143 cm³/mol. The van der Waals surface area contributed by atoms with Gasteiger partial charge in [-0.3, -0.25) is 0 Å². The van der Waals surface area contributed by atoms with Crippen LogP contribution in [0.15, 0.2) is 54.9 Å². The van der Waals surface area contributed by atoms with Gasteiger partial charge in [-0.1, -0.05) is 55.3 Å². The van der Waals surface area contributed by atoms with E-state index in [-0.39, 0.29) is 5.75 Å². The summed E-state index contributed by atoms with van der Waals surface area (Å²) in [6, 6.07) is 15.9. The Hall–Kier alpha value is -3.65. The van der Waals surface area contributed by atoms with Crippen molar-refractivity contribution in [2.45, 2.75) is 64.1 Å². The number of hydrogen-bond acceptors (Lipinski definition) is 7. The van der Waals surface area contributed by atoms with Gasteiger partial charge in [0.15, 0.2) is 17.0 Å². The van der Waals surface area contributed by atoms with Crippen LogP contribution in [0.5, 0.6) is 5.75 Å². The van der Waals surface area contributed by atoms with Crippen molar-refractivity contribution in [2.24, 2.45) is 0 Å². The maximum Gasteiger partial charge on any atom is 0.226 e. The molecular weight excluding hydrogens is 452 g/mol. The Morgan fingerprint density at radius 3 is 2.47 bits per heavy atom. The second-order valence-electron chi connectivity index (χ2n) is 10.2. The highest BCUT2D eigenvalue weighted by Gasteiger charge is 2.22. The van der Waals surface area contributed by atoms with Crippen molar-refractivity contribution >= 4 is 22.9 Å². The van der Waals surface area contributed by atoms with Gasteiger partial charge in [0.25, 0.3) is 0 Å². The van der Waals surface area contributed by atoms with Crippen LogP contribution < -0.4 is 10.6 Å². The molecule has 8 nitrogen and oxygen atoms in total. The Bertz CT molecular complexity index is 1320. The lowest BCUT2D eigenvalue weighted by Crippen LogP contribution is -2.23. The van der Waals surface area contributed by atoms with Crippen LogP contribution in [0.4, 0.5) is 11.8 Å². The Morgan fingerprint density at radius 1 is 1.00 bits per heavy atom. The van der Waals surface area contributed by atoms with Crippen molar-refractivity contribution in [2.75, 3.05) is 17.2 Å². The fraction of sp³-hybridized carbons (Fsp3) is 0.393. The van der Waals surface area contributed by atoms with Crippen molar-refractivity contribution in [3.8, 4) is 16.9 Å². The molecule has 0 unspecified atom stereocenters. The molecule has 2 aromatic heterocycles. The number of phenols is 1. The third-order valence-corrected chi connectivity index (χ3v) is 6.79. The van der Waals surface area contributed by atoms with Crippen molar-refractivity contribution in [1.82, 2.24) is 19.5 Å². The van der Waals surface area contributed by atoms with Crippen LogP contribution in [-0.2, 0) is 6.54 Å². The molecule has 4 N–H and O–H groups in total. The molecule has 5 rings (SSSR count). The number of aromatic nitrogens is 4. The molecule has 0 saturated heterocycles. The molecule has 4 aromatic rings. The number of benzene rings is 2. The summed E-state index contributed by atoms with van der Waals surface area (Å²) in [6.07, 6.45) is 7.22. The first kappa shape index (κ1) is 24.1. The van der Waals surface area contributed by atoms with Gasteiger partial charge in [0.1, 0.15) is 5.75 Å². The van der Waals surface area contributed by atoms with Crippen LogP contribution in [0.3, 0.4) is 0 Å². The fourth-order valence-electron chi connectivity index (χ4n) is 4.75. The number of aromatic hydroxyl groups is 1. The lowest BCUT2D eigenvalue weighted by atomic mass is 10.0. The Morgan fingerprint density at radius 2 is 1.75 bits per heavy atom. The number of nitrogens with zero attached hydrogens (tertiary/aromatic N) is 4. The number of para-hydroxylation sites is 1. The number of fused-ring (bicyclic) bond motifs is 1. The van der Waals surface area contributed by atoms with E-state index in [9.17, 15) is 10.2 Å². The largest absolute Gasteiger partial charge is 0.507 e. The first-order chi connectivity index (χ1) is 17.4. The van der Waals surface area contributed by atoms with Gasteiger partial charge in [0.2, 0.25) is 5.95 Å². The van der Waals surface area contributed by atoms with E-state index < -0.39 is 5.60 Å². The summed E-state index contributed by atoms with van der Waals surface area (Å²) < 4.78 is 2.19. The maximum atomic E-state index is 10.1. The van der Waals surface area contributed by atoms with Crippen LogP contribution in [0.1, 0.15) is 57.6 Å². The minimum absolute atomic E-state index is 0.272. The highest BCUT2D eigenvalue weighted by Crippen LogP contribution is 2.33. The second-order valence-corrected chi connectivity index (χ2v) is 10.2. The molecule has 2 aromatic carbocycles. The van der Waals surface area contributed by atoms with E-state index in [0.29, 0.717) is 37.3 Å². The van der Waals surface area contributed by atoms with E-state index in [1.54, 1.807) is 19.9 Å². The first-order valence-corrected chi connectivity index (χ1v) is 12.7. The zero-order valence-electron chi connectivity index (χ0n) is 20.9. The first-order valence-electron chi connectivity index (χ1n) is 12.7. The third-order valence-electron chi connectivity index (χ3n) is 6.79. The molecule has 1 aliphatic carbocycles. The number of hydrogen-bond donors (Lipinski definition) is 4. The average Bonchev–Trinajstić information content (AvgIpc) is 3.52. The highest BCUT2D eigenvalue weighted by atomic mass is 16.3. The molecule has 2 heterocycles. The number of phenolic OH excluding ortho intramolecular Hbond substituents is 1. The zero-order chi connectivity index (χ0) is 25.1. The van der Waals surface area contributed by atoms with Gasteiger partial charge < -0.3 is 25.4 Å². The Balaban J connectivity index is 1.38. The monoisotopic (exact) mass is 486 g/mol. The number of aliphatic hydroxyl groups is 1. The number of imidazole rings is 1. The van der Waals surface area contributed by atoms with E-state index in [2.05, 4.69) is 20.2 Å². The Labute approximate surface area is 211 Å².